The SMILES string of the molecule is CC1C(O)[C@H](OC2OC(CO)[C@H](O)[C@H](O)C2O)[C@H](CO)O[C@H]1O[C@H](C(O)[C@H](O)CCO)[C@H](O)OCC[C@@H](O)C(O[C@H]1O[C@H](CO)[C@@H](O)C(O)C1O[C@@H]1OC(CO)[C@@H](O[C@@H]2OC(CO)[C@H](O)C(O[C@]3(C(=O)O)C[C@@H](O)[C@@H](N)C([C@H](O)[C@H](O)CO)O3)[C@@H]2O)C(O)[C@@H]1C)[C@@H](O)[C@@H](O)O[C@@H]1C(CO)O[C@@H](O[C@@H]2C(CO)O[C@@H](C)[C@@H](C)C2O)[C@@H](C)C1O. The lowest BCUT2D eigenvalue weighted by atomic mass is 9.88. The van der Waals surface area contributed by atoms with Gasteiger partial charge >= 0.3 is 5.97 Å². The van der Waals surface area contributed by atoms with E-state index in [1.807, 2.05) is 0 Å². The Hall–Kier alpha value is -2.41. The standard InChI is InChI=1S/C68H121NO48/c1-19-23(5)102-31(15-75)52(36(19)83)111-61-20(2)37(84)51(32(16-76)106-61)109-59(97)48(95)50(25(80)7-9-101-60(98)57(40(87)24(79)6-8-70)114-62-21(3)38(85)53(33(17-77)107-62)112-64-47(94)45(92)42(89)28(12-72)103-64)110-66-58(46(93)43(90)29(13-73)105-66)115-63-22(4)39(86)54(34(18-78)108-63)113-65-49(96)56(44(91)30(14-74)104-65)117-68(67(99)100)10-26(81)35(69)55(116-68)41(88)27(82)11-71/h19-66,70-98H,6-18,69H2,1-5H3,(H,99,100)/t19-,20+,21?,22+,23+,24-,25-,26-,27-,28?,29-,30?,31?,32?,33+,34?,35-,36?,37?,38?,39?,40?,41-,42+,43-,44+,45+,46?,47?,48-,49+,50?,51-,52-,53-,54-,55?,56?,57-,58?,59+,60-,61+,62+,63+,64?,65+,66-,68+/m1/s1. The minimum atomic E-state index is -3.17. The Balaban J connectivity index is 1.05. The number of nitrogens with two attached hydrogens (primary N) is 1. The molecular formula is C68H121NO48. The molecule has 0 spiro atoms. The summed E-state index contributed by atoms with van der Waals surface area (Å²) in [4.78, 5) is 13.0. The number of aliphatic hydroxyl groups is 29. The molecule has 0 aromatic carbocycles. The van der Waals surface area contributed by atoms with Crippen LogP contribution in [0.2, 0.25) is 0 Å². The Labute approximate surface area is 667 Å². The Morgan fingerprint density at radius 2 is 0.829 bits per heavy atom. The fourth-order valence-electron chi connectivity index (χ4n) is 15.2. The minimum Gasteiger partial charge on any atom is -0.477 e. The highest BCUT2D eigenvalue weighted by atomic mass is 16.8. The fraction of sp³-hybridized carbons (Fsp3) is 0.985. The lowest BCUT2D eigenvalue weighted by Crippen LogP contribution is -2.70. The molecule has 686 valence electrons. The van der Waals surface area contributed by atoms with Gasteiger partial charge in [0.2, 0.25) is 0 Å². The van der Waals surface area contributed by atoms with Gasteiger partial charge in [0.15, 0.2) is 50.3 Å². The van der Waals surface area contributed by atoms with Crippen LogP contribution in [0.5, 0.6) is 0 Å². The molecule has 0 radical (unpaired) electrons. The molecule has 0 aliphatic carbocycles. The van der Waals surface area contributed by atoms with E-state index in [1.54, 1.807) is 13.8 Å². The molecule has 0 saturated carbocycles. The lowest BCUT2D eigenvalue weighted by Gasteiger charge is -2.51. The van der Waals surface area contributed by atoms with Crippen LogP contribution < -0.4 is 5.73 Å². The lowest BCUT2D eigenvalue weighted by molar-refractivity contribution is -0.395. The van der Waals surface area contributed by atoms with Gasteiger partial charge in [-0.1, -0.05) is 27.7 Å². The van der Waals surface area contributed by atoms with Gasteiger partial charge in [-0.25, -0.2) is 4.79 Å². The molecule has 49 atom stereocenters. The molecule has 0 aromatic heterocycles. The van der Waals surface area contributed by atoms with Crippen LogP contribution in [0.15, 0.2) is 0 Å². The molecule has 0 aromatic rings. The van der Waals surface area contributed by atoms with Gasteiger partial charge in [0, 0.05) is 36.7 Å². The zero-order valence-corrected chi connectivity index (χ0v) is 64.2. The first-order valence-electron chi connectivity index (χ1n) is 38.4. The monoisotopic (exact) mass is 1720 g/mol. The van der Waals surface area contributed by atoms with Crippen LogP contribution in [-0.4, -0.2) is 501 Å². The van der Waals surface area contributed by atoms with Gasteiger partial charge in [-0.05, 0) is 19.8 Å². The van der Waals surface area contributed by atoms with E-state index in [9.17, 15) is 158 Å². The van der Waals surface area contributed by atoms with Gasteiger partial charge < -0.3 is 239 Å². The first-order chi connectivity index (χ1) is 55.2. The number of carboxylic acid groups (broad SMARTS) is 1. The number of ether oxygens (including phenoxy) is 17. The summed E-state index contributed by atoms with van der Waals surface area (Å²) < 4.78 is 99.4. The van der Waals surface area contributed by atoms with E-state index in [4.69, 9.17) is 86.3 Å². The van der Waals surface area contributed by atoms with Crippen molar-refractivity contribution in [2.24, 2.45) is 29.4 Å². The summed E-state index contributed by atoms with van der Waals surface area (Å²) in [6.07, 6.45) is -87.4. The topological polar surface area (TPSA) is 807 Å². The molecule has 0 bridgehead atoms. The van der Waals surface area contributed by atoms with Gasteiger partial charge in [-0.3, -0.25) is 0 Å². The van der Waals surface area contributed by atoms with Gasteiger partial charge in [0.1, 0.15) is 165 Å². The van der Waals surface area contributed by atoms with E-state index in [1.165, 1.54) is 20.8 Å². The second-order valence-electron chi connectivity index (χ2n) is 30.8. The molecular weight excluding hydrogens is 1600 g/mol. The third-order valence-corrected chi connectivity index (χ3v) is 22.9. The van der Waals surface area contributed by atoms with Crippen molar-refractivity contribution in [1.82, 2.24) is 0 Å². The van der Waals surface area contributed by atoms with Crippen LogP contribution in [0.3, 0.4) is 0 Å². The van der Waals surface area contributed by atoms with E-state index < -0.39 is 391 Å². The average Bonchev–Trinajstić information content (AvgIpc) is 0.755. The largest absolute Gasteiger partial charge is 0.477 e. The Morgan fingerprint density at radius 3 is 1.34 bits per heavy atom. The maximum Gasteiger partial charge on any atom is 0.364 e. The third kappa shape index (κ3) is 22.3. The first-order valence-corrected chi connectivity index (χ1v) is 38.4. The second-order valence-corrected chi connectivity index (χ2v) is 30.8. The van der Waals surface area contributed by atoms with Crippen LogP contribution in [0.1, 0.15) is 53.9 Å². The van der Waals surface area contributed by atoms with Gasteiger partial charge in [0.05, 0.1) is 114 Å². The van der Waals surface area contributed by atoms with Crippen LogP contribution in [0.25, 0.3) is 0 Å². The summed E-state index contributed by atoms with van der Waals surface area (Å²) in [7, 11) is 0. The number of carbonyl (C=O) groups is 1. The molecule has 49 nitrogen and oxygen atoms in total. The zero-order chi connectivity index (χ0) is 87.0. The van der Waals surface area contributed by atoms with E-state index in [0.29, 0.717) is 0 Å². The van der Waals surface area contributed by atoms with E-state index in [0.717, 1.165) is 0 Å². The van der Waals surface area contributed by atoms with E-state index >= 15 is 0 Å². The highest BCUT2D eigenvalue weighted by Crippen LogP contribution is 2.43. The van der Waals surface area contributed by atoms with Crippen molar-refractivity contribution in [3.63, 3.8) is 0 Å². The smallest absolute Gasteiger partial charge is 0.364 e. The van der Waals surface area contributed by atoms with Crippen molar-refractivity contribution >= 4 is 5.97 Å². The molecule has 49 heteroatoms. The number of aliphatic carboxylic acids is 1. The van der Waals surface area contributed by atoms with Crippen molar-refractivity contribution in [3.05, 3.63) is 0 Å². The molecule has 8 saturated heterocycles. The van der Waals surface area contributed by atoms with Gasteiger partial charge in [-0.2, -0.15) is 0 Å². The van der Waals surface area contributed by atoms with Gasteiger partial charge in [-0.15, -0.1) is 0 Å². The maximum absolute atomic E-state index is 13.0. The molecule has 0 amide bonds. The van der Waals surface area contributed by atoms with Crippen molar-refractivity contribution in [3.8, 4) is 0 Å². The predicted octanol–water partition coefficient (Wildman–Crippen LogP) is -17.5. The predicted molar refractivity (Wildman–Crippen MR) is 369 cm³/mol. The number of aliphatic hydroxyl groups excluding tert-OH is 29. The Kier molecular flexibility index (Phi) is 37.7. The zero-order valence-electron chi connectivity index (χ0n) is 64.2. The maximum atomic E-state index is 13.0. The quantitative estimate of drug-likeness (QED) is 0.0254. The second kappa shape index (κ2) is 44.2. The summed E-state index contributed by atoms with van der Waals surface area (Å²) in [6, 6.07) is -1.65. The van der Waals surface area contributed by atoms with Crippen LogP contribution in [0.4, 0.5) is 0 Å². The molecule has 18 unspecified atom stereocenters. The third-order valence-electron chi connectivity index (χ3n) is 22.9. The Morgan fingerprint density at radius 1 is 0.402 bits per heavy atom. The summed E-state index contributed by atoms with van der Waals surface area (Å²) in [5, 5.41) is 330. The molecule has 117 heavy (non-hydrogen) atoms. The molecule has 8 rings (SSSR count). The first kappa shape index (κ1) is 100. The van der Waals surface area contributed by atoms with Crippen LogP contribution in [-0.2, 0) is 85.3 Å². The normalized spacial score (nSPS) is 46.4. The van der Waals surface area contributed by atoms with E-state index in [-0.39, 0.29) is 0 Å². The summed E-state index contributed by atoms with van der Waals surface area (Å²) in [5.41, 5.74) is 5.99. The molecule has 8 heterocycles. The number of hydrogen-bond donors (Lipinski definition) is 31. The highest BCUT2D eigenvalue weighted by molar-refractivity contribution is 5.76. The number of carboxylic acids is 1. The summed E-state index contributed by atoms with van der Waals surface area (Å²) in [6.45, 7) is -2.86. The van der Waals surface area contributed by atoms with Crippen molar-refractivity contribution in [2.75, 3.05) is 66.1 Å². The highest BCUT2D eigenvalue weighted by Gasteiger charge is 2.62. The summed E-state index contributed by atoms with van der Waals surface area (Å²) in [5.74, 6) is -9.95. The van der Waals surface area contributed by atoms with Crippen LogP contribution >= 0.6 is 0 Å². The average molecular weight is 1720 g/mol. The molecule has 8 fully saturated rings. The van der Waals surface area contributed by atoms with Gasteiger partial charge in [0.25, 0.3) is 5.79 Å². The number of rotatable bonds is 39. The van der Waals surface area contributed by atoms with Crippen molar-refractivity contribution in [1.29, 1.82) is 0 Å². The molecule has 8 aliphatic heterocycles. The van der Waals surface area contributed by atoms with Crippen LogP contribution in [0, 0.1) is 23.7 Å². The van der Waals surface area contributed by atoms with Crippen molar-refractivity contribution in [2.45, 2.75) is 330 Å². The Bertz CT molecular complexity index is 2910. The number of hydrogen-bond acceptors (Lipinski definition) is 48. The van der Waals surface area contributed by atoms with E-state index in [2.05, 4.69) is 0 Å². The fourth-order valence-corrected chi connectivity index (χ4v) is 15.2. The minimum absolute atomic E-state index is 0.560. The molecule has 8 aliphatic rings. The summed E-state index contributed by atoms with van der Waals surface area (Å²) >= 11 is 0. The van der Waals surface area contributed by atoms with Crippen molar-refractivity contribution < 1.29 is 239 Å². The molecule has 32 N–H and O–H groups in total.